The molecular weight excluding hydrogens is 302 g/mol. The lowest BCUT2D eigenvalue weighted by Gasteiger charge is -2.29. The summed E-state index contributed by atoms with van der Waals surface area (Å²) in [6, 6.07) is 0. The molecule has 0 aromatic rings. The van der Waals surface area contributed by atoms with Crippen LogP contribution in [0.1, 0.15) is 47.5 Å². The predicted molar refractivity (Wildman–Crippen MR) is 82.7 cm³/mol. The molecule has 0 aromatic carbocycles. The molecule has 1 unspecified atom stereocenters. The van der Waals surface area contributed by atoms with E-state index in [0.29, 0.717) is 6.42 Å². The summed E-state index contributed by atoms with van der Waals surface area (Å²) in [6.45, 7) is 9.52. The maximum Gasteiger partial charge on any atom is 0.407 e. The Kier molecular flexibility index (Phi) is 6.41. The smallest absolute Gasteiger partial charge is 0.407 e. The Morgan fingerprint density at radius 2 is 1.96 bits per heavy atom. The van der Waals surface area contributed by atoms with Crippen molar-refractivity contribution in [2.24, 2.45) is 11.3 Å². The molecular formula is C16H27NO6. The van der Waals surface area contributed by atoms with Gasteiger partial charge in [-0.3, -0.25) is 9.59 Å². The average Bonchev–Trinajstić information content (AvgIpc) is 2.90. The van der Waals surface area contributed by atoms with E-state index < -0.39 is 17.1 Å². The fourth-order valence-electron chi connectivity index (χ4n) is 1.95. The number of cyclic esters (lactones) is 1. The standard InChI is InChI=1S/C16H27NO6/c1-6-15(2,3)13(19)21-8-7-17-14(20)23-16(4,5)11-9-12(18)22-10-11/h11H,6-10H2,1-5H3,(H,17,20). The number of hydrogen-bond donors (Lipinski definition) is 1. The monoisotopic (exact) mass is 329 g/mol. The molecule has 1 heterocycles. The van der Waals surface area contributed by atoms with E-state index in [2.05, 4.69) is 5.32 Å². The Morgan fingerprint density at radius 1 is 1.30 bits per heavy atom. The lowest BCUT2D eigenvalue weighted by molar-refractivity contribution is -0.154. The first-order chi connectivity index (χ1) is 10.6. The number of esters is 2. The fourth-order valence-corrected chi connectivity index (χ4v) is 1.95. The Hall–Kier alpha value is -1.79. The fraction of sp³-hybridized carbons (Fsp3) is 0.812. The molecule has 1 saturated heterocycles. The molecule has 0 aliphatic carbocycles. The third-order valence-corrected chi connectivity index (χ3v) is 4.24. The minimum Gasteiger partial charge on any atom is -0.465 e. The zero-order valence-electron chi connectivity index (χ0n) is 14.6. The SMILES string of the molecule is CCC(C)(C)C(=O)OCCNC(=O)OC(C)(C)C1COC(=O)C1. The summed E-state index contributed by atoms with van der Waals surface area (Å²) in [7, 11) is 0. The molecule has 0 spiro atoms. The van der Waals surface area contributed by atoms with Gasteiger partial charge in [0.05, 0.1) is 25.0 Å². The van der Waals surface area contributed by atoms with Crippen LogP contribution in [-0.2, 0) is 23.8 Å². The van der Waals surface area contributed by atoms with Gasteiger partial charge in [-0.2, -0.15) is 0 Å². The van der Waals surface area contributed by atoms with Crippen molar-refractivity contribution < 1.29 is 28.6 Å². The van der Waals surface area contributed by atoms with Gasteiger partial charge in [0.1, 0.15) is 12.2 Å². The lowest BCUT2D eigenvalue weighted by atomic mass is 9.90. The van der Waals surface area contributed by atoms with Gasteiger partial charge in [-0.15, -0.1) is 0 Å². The zero-order valence-corrected chi connectivity index (χ0v) is 14.6. The van der Waals surface area contributed by atoms with Crippen molar-refractivity contribution in [2.75, 3.05) is 19.8 Å². The molecule has 0 radical (unpaired) electrons. The van der Waals surface area contributed by atoms with Gasteiger partial charge in [-0.1, -0.05) is 6.92 Å². The first-order valence-corrected chi connectivity index (χ1v) is 7.88. The van der Waals surface area contributed by atoms with Gasteiger partial charge in [0.25, 0.3) is 0 Å². The summed E-state index contributed by atoms with van der Waals surface area (Å²) in [4.78, 5) is 34.7. The van der Waals surface area contributed by atoms with E-state index in [1.165, 1.54) is 0 Å². The van der Waals surface area contributed by atoms with Crippen molar-refractivity contribution >= 4 is 18.0 Å². The van der Waals surface area contributed by atoms with Crippen LogP contribution in [0.2, 0.25) is 0 Å². The Morgan fingerprint density at radius 3 is 2.48 bits per heavy atom. The molecule has 1 N–H and O–H groups in total. The molecule has 1 fully saturated rings. The third-order valence-electron chi connectivity index (χ3n) is 4.24. The van der Waals surface area contributed by atoms with Gasteiger partial charge in [0.15, 0.2) is 0 Å². The quantitative estimate of drug-likeness (QED) is 0.436. The second-order valence-corrected chi connectivity index (χ2v) is 6.88. The van der Waals surface area contributed by atoms with E-state index in [-0.39, 0.29) is 44.0 Å². The highest BCUT2D eigenvalue weighted by atomic mass is 16.6. The van der Waals surface area contributed by atoms with Crippen molar-refractivity contribution in [3.05, 3.63) is 0 Å². The summed E-state index contributed by atoms with van der Waals surface area (Å²) in [5.74, 6) is -0.737. The Labute approximate surface area is 137 Å². The molecule has 0 saturated carbocycles. The van der Waals surface area contributed by atoms with Crippen molar-refractivity contribution in [2.45, 2.75) is 53.1 Å². The van der Waals surface area contributed by atoms with Gasteiger partial charge in [0.2, 0.25) is 0 Å². The van der Waals surface area contributed by atoms with Crippen LogP contribution in [0.5, 0.6) is 0 Å². The summed E-state index contributed by atoms with van der Waals surface area (Å²) >= 11 is 0. The topological polar surface area (TPSA) is 90.9 Å². The lowest BCUT2D eigenvalue weighted by Crippen LogP contribution is -2.41. The number of rotatable bonds is 7. The zero-order chi connectivity index (χ0) is 17.7. The number of hydrogen-bond acceptors (Lipinski definition) is 6. The second kappa shape index (κ2) is 7.66. The molecule has 7 nitrogen and oxygen atoms in total. The van der Waals surface area contributed by atoms with Crippen LogP contribution in [0, 0.1) is 11.3 Å². The molecule has 1 atom stereocenters. The number of ether oxygens (including phenoxy) is 3. The van der Waals surface area contributed by atoms with Crippen LogP contribution >= 0.6 is 0 Å². The van der Waals surface area contributed by atoms with E-state index in [4.69, 9.17) is 14.2 Å². The summed E-state index contributed by atoms with van der Waals surface area (Å²) in [6.07, 6.45) is 0.307. The van der Waals surface area contributed by atoms with Crippen LogP contribution in [-0.4, -0.2) is 43.4 Å². The predicted octanol–water partition coefficient (Wildman–Crippen LogP) is 2.03. The van der Waals surface area contributed by atoms with Crippen molar-refractivity contribution in [1.82, 2.24) is 5.32 Å². The van der Waals surface area contributed by atoms with Crippen molar-refractivity contribution in [1.29, 1.82) is 0 Å². The van der Waals surface area contributed by atoms with Crippen molar-refractivity contribution in [3.63, 3.8) is 0 Å². The highest BCUT2D eigenvalue weighted by Gasteiger charge is 2.39. The molecule has 23 heavy (non-hydrogen) atoms. The number of carbonyl (C=O) groups excluding carboxylic acids is 3. The minimum atomic E-state index is -0.808. The van der Waals surface area contributed by atoms with Gasteiger partial charge < -0.3 is 19.5 Å². The molecule has 1 rings (SSSR count). The van der Waals surface area contributed by atoms with Crippen LogP contribution < -0.4 is 5.32 Å². The summed E-state index contributed by atoms with van der Waals surface area (Å²) in [5.41, 5.74) is -1.34. The molecule has 132 valence electrons. The summed E-state index contributed by atoms with van der Waals surface area (Å²) in [5, 5.41) is 2.53. The van der Waals surface area contributed by atoms with Crippen LogP contribution in [0.4, 0.5) is 4.79 Å². The van der Waals surface area contributed by atoms with Crippen LogP contribution in [0.15, 0.2) is 0 Å². The molecule has 0 bridgehead atoms. The molecule has 7 heteroatoms. The summed E-state index contributed by atoms with van der Waals surface area (Å²) < 4.78 is 15.4. The van der Waals surface area contributed by atoms with E-state index >= 15 is 0 Å². The maximum absolute atomic E-state index is 11.8. The Balaban J connectivity index is 2.29. The Bertz CT molecular complexity index is 457. The number of alkyl carbamates (subject to hydrolysis) is 1. The normalized spacial score (nSPS) is 18.3. The van der Waals surface area contributed by atoms with E-state index in [9.17, 15) is 14.4 Å². The number of amides is 1. The maximum atomic E-state index is 11.8. The first-order valence-electron chi connectivity index (χ1n) is 7.88. The van der Waals surface area contributed by atoms with Crippen LogP contribution in [0.25, 0.3) is 0 Å². The van der Waals surface area contributed by atoms with Crippen molar-refractivity contribution in [3.8, 4) is 0 Å². The van der Waals surface area contributed by atoms with Gasteiger partial charge >= 0.3 is 18.0 Å². The van der Waals surface area contributed by atoms with Gasteiger partial charge in [0, 0.05) is 5.92 Å². The van der Waals surface area contributed by atoms with E-state index in [1.807, 2.05) is 20.8 Å². The van der Waals surface area contributed by atoms with E-state index in [1.54, 1.807) is 13.8 Å². The molecule has 1 aliphatic rings. The van der Waals surface area contributed by atoms with E-state index in [0.717, 1.165) is 0 Å². The number of carbonyl (C=O) groups is 3. The largest absolute Gasteiger partial charge is 0.465 e. The first kappa shape index (κ1) is 19.3. The highest BCUT2D eigenvalue weighted by molar-refractivity contribution is 5.75. The minimum absolute atomic E-state index is 0.0861. The molecule has 1 amide bonds. The average molecular weight is 329 g/mol. The third kappa shape index (κ3) is 5.73. The van der Waals surface area contributed by atoms with Gasteiger partial charge in [-0.05, 0) is 34.1 Å². The van der Waals surface area contributed by atoms with Crippen LogP contribution in [0.3, 0.4) is 0 Å². The second-order valence-electron chi connectivity index (χ2n) is 6.88. The molecule has 0 aromatic heterocycles. The number of nitrogens with one attached hydrogen (secondary N) is 1. The highest BCUT2D eigenvalue weighted by Crippen LogP contribution is 2.29. The van der Waals surface area contributed by atoms with Gasteiger partial charge in [-0.25, -0.2) is 4.79 Å². The molecule has 1 aliphatic heterocycles.